The number of rotatable bonds is 6. The second-order valence-corrected chi connectivity index (χ2v) is 6.31. The summed E-state index contributed by atoms with van der Waals surface area (Å²) in [4.78, 5) is 0. The molecule has 22 heavy (non-hydrogen) atoms. The molecule has 0 saturated carbocycles. The van der Waals surface area contributed by atoms with Crippen molar-refractivity contribution in [2.45, 2.75) is 39.0 Å². The topological polar surface area (TPSA) is 40.5 Å². The van der Waals surface area contributed by atoms with Gasteiger partial charge in [-0.1, -0.05) is 49.4 Å². The zero-order valence-electron chi connectivity index (χ0n) is 12.6. The number of halogens is 2. The average molecular weight is 339 g/mol. The largest absolute Gasteiger partial charge is 0.507 e. The molecule has 2 rings (SSSR count). The van der Waals surface area contributed by atoms with E-state index in [9.17, 15) is 10.2 Å². The first-order valence-electron chi connectivity index (χ1n) is 7.53. The lowest BCUT2D eigenvalue weighted by molar-refractivity contribution is 0.463. The van der Waals surface area contributed by atoms with E-state index in [0.717, 1.165) is 24.8 Å². The van der Waals surface area contributed by atoms with E-state index in [4.69, 9.17) is 23.2 Å². The maximum Gasteiger partial charge on any atom is 0.126 e. The predicted molar refractivity (Wildman–Crippen MR) is 93.1 cm³/mol. The molecule has 2 N–H and O–H groups in total. The van der Waals surface area contributed by atoms with Gasteiger partial charge in [-0.25, -0.2) is 0 Å². The third kappa shape index (κ3) is 4.08. The van der Waals surface area contributed by atoms with E-state index in [-0.39, 0.29) is 11.5 Å². The second kappa shape index (κ2) is 7.75. The Morgan fingerprint density at radius 2 is 1.59 bits per heavy atom. The molecule has 0 aliphatic rings. The van der Waals surface area contributed by atoms with Crippen LogP contribution in [0.3, 0.4) is 0 Å². The molecule has 0 amide bonds. The van der Waals surface area contributed by atoms with Gasteiger partial charge in [-0.15, -0.1) is 0 Å². The summed E-state index contributed by atoms with van der Waals surface area (Å²) in [6.07, 6.45) is 5.25. The summed E-state index contributed by atoms with van der Waals surface area (Å²) in [6.45, 7) is 2.16. The average Bonchev–Trinajstić information content (AvgIpc) is 2.49. The second-order valence-electron chi connectivity index (χ2n) is 5.43. The molecular formula is C18H20Cl2O2. The van der Waals surface area contributed by atoms with E-state index in [1.165, 1.54) is 18.9 Å². The number of phenols is 2. The first-order chi connectivity index (χ1) is 10.5. The predicted octanol–water partition coefficient (Wildman–Crippen LogP) is 6.19. The van der Waals surface area contributed by atoms with Crippen molar-refractivity contribution >= 4 is 23.2 Å². The number of phenolic OH excluding ortho intramolecular Hbond substituents is 2. The van der Waals surface area contributed by atoms with E-state index in [1.54, 1.807) is 24.3 Å². The third-order valence-electron chi connectivity index (χ3n) is 3.70. The Morgan fingerprint density at radius 3 is 2.32 bits per heavy atom. The highest BCUT2D eigenvalue weighted by atomic mass is 35.5. The van der Waals surface area contributed by atoms with Crippen LogP contribution in [0.5, 0.6) is 11.5 Å². The minimum absolute atomic E-state index is 0.0684. The summed E-state index contributed by atoms with van der Waals surface area (Å²) in [7, 11) is 0. The van der Waals surface area contributed by atoms with Gasteiger partial charge in [0.2, 0.25) is 0 Å². The van der Waals surface area contributed by atoms with E-state index in [2.05, 4.69) is 6.92 Å². The lowest BCUT2D eigenvalue weighted by Gasteiger charge is -2.13. The summed E-state index contributed by atoms with van der Waals surface area (Å²) < 4.78 is 0. The van der Waals surface area contributed by atoms with E-state index in [0.29, 0.717) is 21.2 Å². The highest BCUT2D eigenvalue weighted by Gasteiger charge is 2.14. The quantitative estimate of drug-likeness (QED) is 0.616. The van der Waals surface area contributed by atoms with Crippen LogP contribution in [0.2, 0.25) is 10.0 Å². The highest BCUT2D eigenvalue weighted by molar-refractivity contribution is 6.31. The van der Waals surface area contributed by atoms with Crippen molar-refractivity contribution in [1.82, 2.24) is 0 Å². The minimum atomic E-state index is 0.0684. The molecular weight excluding hydrogens is 319 g/mol. The van der Waals surface area contributed by atoms with Gasteiger partial charge in [-0.3, -0.25) is 0 Å². The monoisotopic (exact) mass is 338 g/mol. The lowest BCUT2D eigenvalue weighted by atomic mass is 9.97. The van der Waals surface area contributed by atoms with Crippen LogP contribution in [0.25, 0.3) is 11.1 Å². The van der Waals surface area contributed by atoms with Crippen LogP contribution in [0.15, 0.2) is 30.3 Å². The molecule has 2 nitrogen and oxygen atoms in total. The van der Waals surface area contributed by atoms with Crippen molar-refractivity contribution in [2.24, 2.45) is 0 Å². The molecule has 0 heterocycles. The van der Waals surface area contributed by atoms with Crippen molar-refractivity contribution in [1.29, 1.82) is 0 Å². The Morgan fingerprint density at radius 1 is 0.864 bits per heavy atom. The number of aromatic hydroxyl groups is 2. The van der Waals surface area contributed by atoms with Gasteiger partial charge in [-0.05, 0) is 48.7 Å². The fraction of sp³-hybridized carbons (Fsp3) is 0.333. The van der Waals surface area contributed by atoms with Crippen LogP contribution in [-0.4, -0.2) is 10.2 Å². The number of hydrogen-bond donors (Lipinski definition) is 2. The molecule has 2 aromatic carbocycles. The maximum atomic E-state index is 10.5. The van der Waals surface area contributed by atoms with Gasteiger partial charge in [0.05, 0.1) is 0 Å². The van der Waals surface area contributed by atoms with Gasteiger partial charge in [0.1, 0.15) is 11.5 Å². The number of aryl methyl sites for hydroxylation is 1. The third-order valence-corrected chi connectivity index (χ3v) is 4.16. The van der Waals surface area contributed by atoms with Crippen LogP contribution < -0.4 is 0 Å². The van der Waals surface area contributed by atoms with Crippen molar-refractivity contribution in [3.05, 3.63) is 45.9 Å². The van der Waals surface area contributed by atoms with Crippen LogP contribution in [0.4, 0.5) is 0 Å². The van der Waals surface area contributed by atoms with Crippen LogP contribution in [0.1, 0.15) is 38.2 Å². The minimum Gasteiger partial charge on any atom is -0.507 e. The first-order valence-corrected chi connectivity index (χ1v) is 8.28. The summed E-state index contributed by atoms with van der Waals surface area (Å²) in [6, 6.07) is 8.18. The molecule has 118 valence electrons. The molecule has 0 fully saturated rings. The maximum absolute atomic E-state index is 10.5. The standard InChI is InChI=1S/C18H20Cl2O2/c1-2-3-4-5-6-12-9-14(20)11-16(18(12)22)15-10-13(19)7-8-17(15)21/h7-11,21-22H,2-6H2,1H3. The SMILES string of the molecule is CCCCCCc1cc(Cl)cc(-c2cc(Cl)ccc2O)c1O. The van der Waals surface area contributed by atoms with Crippen molar-refractivity contribution in [2.75, 3.05) is 0 Å². The first kappa shape index (κ1) is 17.0. The van der Waals surface area contributed by atoms with E-state index in [1.807, 2.05) is 0 Å². The molecule has 4 heteroatoms. The number of hydrogen-bond acceptors (Lipinski definition) is 2. The van der Waals surface area contributed by atoms with Crippen molar-refractivity contribution < 1.29 is 10.2 Å². The molecule has 0 unspecified atom stereocenters. The molecule has 0 aliphatic carbocycles. The van der Waals surface area contributed by atoms with E-state index >= 15 is 0 Å². The van der Waals surface area contributed by atoms with Crippen molar-refractivity contribution in [3.63, 3.8) is 0 Å². The molecule has 0 radical (unpaired) electrons. The Hall–Kier alpha value is -1.38. The smallest absolute Gasteiger partial charge is 0.126 e. The van der Waals surface area contributed by atoms with Crippen LogP contribution >= 0.6 is 23.2 Å². The Bertz CT molecular complexity index is 654. The van der Waals surface area contributed by atoms with Gasteiger partial charge < -0.3 is 10.2 Å². The van der Waals surface area contributed by atoms with Gasteiger partial charge >= 0.3 is 0 Å². The normalized spacial score (nSPS) is 10.9. The van der Waals surface area contributed by atoms with Gasteiger partial charge in [-0.2, -0.15) is 0 Å². The summed E-state index contributed by atoms with van der Waals surface area (Å²) in [5.41, 5.74) is 1.80. The van der Waals surface area contributed by atoms with E-state index < -0.39 is 0 Å². The molecule has 0 aromatic heterocycles. The van der Waals surface area contributed by atoms with Gasteiger partial charge in [0.15, 0.2) is 0 Å². The summed E-state index contributed by atoms with van der Waals surface area (Å²) in [5, 5.41) is 21.6. The molecule has 2 aromatic rings. The molecule has 0 bridgehead atoms. The molecule has 0 saturated heterocycles. The highest BCUT2D eigenvalue weighted by Crippen LogP contribution is 2.40. The summed E-state index contributed by atoms with van der Waals surface area (Å²) >= 11 is 12.2. The van der Waals surface area contributed by atoms with Gasteiger partial charge in [0.25, 0.3) is 0 Å². The Labute approximate surface area is 141 Å². The lowest BCUT2D eigenvalue weighted by Crippen LogP contribution is -1.91. The van der Waals surface area contributed by atoms with Gasteiger partial charge in [0, 0.05) is 21.2 Å². The van der Waals surface area contributed by atoms with Crippen molar-refractivity contribution in [3.8, 4) is 22.6 Å². The fourth-order valence-electron chi connectivity index (χ4n) is 2.52. The Balaban J connectivity index is 2.36. The summed E-state index contributed by atoms with van der Waals surface area (Å²) in [5.74, 6) is 0.234. The fourth-order valence-corrected chi connectivity index (χ4v) is 2.93. The zero-order valence-corrected chi connectivity index (χ0v) is 14.1. The number of unbranched alkanes of at least 4 members (excludes halogenated alkanes) is 3. The van der Waals surface area contributed by atoms with Crippen LogP contribution in [0, 0.1) is 0 Å². The Kier molecular flexibility index (Phi) is 5.98. The van der Waals surface area contributed by atoms with Crippen LogP contribution in [-0.2, 0) is 6.42 Å². The molecule has 0 atom stereocenters. The molecule has 0 aliphatic heterocycles. The molecule has 0 spiro atoms. The zero-order chi connectivity index (χ0) is 16.1. The number of benzene rings is 2.